The molecule has 115 valence electrons. The molecule has 0 aliphatic rings. The van der Waals surface area contributed by atoms with Gasteiger partial charge in [0.1, 0.15) is 0 Å². The molecule has 0 amide bonds. The molecule has 0 aromatic carbocycles. The Labute approximate surface area is 94.7 Å². The first-order valence-electron chi connectivity index (χ1n) is 3.71. The largest absolute Gasteiger partial charge is 0.460 e. The summed E-state index contributed by atoms with van der Waals surface area (Å²) in [6.45, 7) is 0. The summed E-state index contributed by atoms with van der Waals surface area (Å²) in [5.41, 5.74) is 0. The normalized spacial score (nSPS) is 16.1. The van der Waals surface area contributed by atoms with Crippen molar-refractivity contribution in [2.75, 3.05) is 0 Å². The predicted molar refractivity (Wildman–Crippen MR) is 31.3 cm³/mol. The Kier molecular flexibility index (Phi) is 4.09. The van der Waals surface area contributed by atoms with E-state index in [1.165, 1.54) is 0 Å². The molecule has 0 aromatic rings. The molecule has 0 saturated carbocycles. The molecule has 0 heterocycles. The molecule has 0 aliphatic carbocycles. The molecule has 1 radical (unpaired) electrons. The quantitative estimate of drug-likeness (QED) is 0.669. The van der Waals surface area contributed by atoms with Gasteiger partial charge in [0, 0.05) is 0 Å². The standard InChI is InChI=1S/C6F13/c7-1(8)2(9,10)3(11,12)4(13,14)5(15,16)6(17,18)19. The van der Waals surface area contributed by atoms with Gasteiger partial charge in [0.2, 0.25) is 0 Å². The number of halogens is 13. The van der Waals surface area contributed by atoms with E-state index in [-0.39, 0.29) is 0 Å². The highest BCUT2D eigenvalue weighted by Gasteiger charge is 2.88. The Bertz CT molecular complexity index is 323. The van der Waals surface area contributed by atoms with E-state index in [0.29, 0.717) is 0 Å². The van der Waals surface area contributed by atoms with Crippen molar-refractivity contribution in [3.63, 3.8) is 0 Å². The molecule has 0 bridgehead atoms. The van der Waals surface area contributed by atoms with Crippen LogP contribution in [0.3, 0.4) is 0 Å². The third kappa shape index (κ3) is 2.30. The van der Waals surface area contributed by atoms with Crippen molar-refractivity contribution < 1.29 is 57.1 Å². The van der Waals surface area contributed by atoms with Crippen LogP contribution in [0.25, 0.3) is 0 Å². The minimum absolute atomic E-state index is 4.74. The van der Waals surface area contributed by atoms with Crippen LogP contribution in [0.1, 0.15) is 0 Å². The summed E-state index contributed by atoms with van der Waals surface area (Å²) in [7, 11) is 0. The predicted octanol–water partition coefficient (Wildman–Crippen LogP) is 4.52. The molecular formula is C6F13. The fraction of sp³-hybridized carbons (Fsp3) is 0.833. The molecule has 0 rings (SSSR count). The summed E-state index contributed by atoms with van der Waals surface area (Å²) in [5.74, 6) is -30.3. The smallest absolute Gasteiger partial charge is 0.192 e. The van der Waals surface area contributed by atoms with Crippen molar-refractivity contribution in [3.05, 3.63) is 6.43 Å². The van der Waals surface area contributed by atoms with Gasteiger partial charge in [0.05, 0.1) is 0 Å². The third-order valence-corrected chi connectivity index (χ3v) is 1.78. The molecule has 0 nitrogen and oxygen atoms in total. The summed E-state index contributed by atoms with van der Waals surface area (Å²) < 4.78 is 154. The Morgan fingerprint density at radius 2 is 0.789 bits per heavy atom. The first-order chi connectivity index (χ1) is 7.94. The van der Waals surface area contributed by atoms with Crippen LogP contribution in [-0.4, -0.2) is 29.9 Å². The summed E-state index contributed by atoms with van der Waals surface area (Å²) in [6.07, 6.45) is -12.1. The highest BCUT2D eigenvalue weighted by Crippen LogP contribution is 2.59. The van der Waals surface area contributed by atoms with Gasteiger partial charge in [-0.2, -0.15) is 57.1 Å². The summed E-state index contributed by atoms with van der Waals surface area (Å²) in [6, 6.07) is 0. The maximum absolute atomic E-state index is 12.3. The number of hydrogen-bond donors (Lipinski definition) is 0. The van der Waals surface area contributed by atoms with E-state index in [1.807, 2.05) is 0 Å². The van der Waals surface area contributed by atoms with E-state index < -0.39 is 36.3 Å². The minimum Gasteiger partial charge on any atom is -0.192 e. The third-order valence-electron chi connectivity index (χ3n) is 1.78. The molecule has 0 saturated heterocycles. The lowest BCUT2D eigenvalue weighted by atomic mass is 9.98. The van der Waals surface area contributed by atoms with Gasteiger partial charge in [-0.15, -0.1) is 0 Å². The van der Waals surface area contributed by atoms with Crippen LogP contribution in [-0.2, 0) is 0 Å². The fourth-order valence-electron chi connectivity index (χ4n) is 0.691. The van der Waals surface area contributed by atoms with Gasteiger partial charge in [0.25, 0.3) is 0 Å². The van der Waals surface area contributed by atoms with Crippen LogP contribution >= 0.6 is 0 Å². The van der Waals surface area contributed by atoms with Crippen molar-refractivity contribution in [3.8, 4) is 0 Å². The van der Waals surface area contributed by atoms with Crippen LogP contribution in [0.2, 0.25) is 0 Å². The average Bonchev–Trinajstić information content (AvgIpc) is 2.14. The maximum Gasteiger partial charge on any atom is 0.460 e. The zero-order chi connectivity index (χ0) is 16.1. The van der Waals surface area contributed by atoms with Crippen molar-refractivity contribution >= 4 is 0 Å². The van der Waals surface area contributed by atoms with Crippen LogP contribution in [0.15, 0.2) is 0 Å². The topological polar surface area (TPSA) is 0 Å². The van der Waals surface area contributed by atoms with Crippen LogP contribution in [0.5, 0.6) is 0 Å². The Morgan fingerprint density at radius 1 is 0.474 bits per heavy atom. The van der Waals surface area contributed by atoms with Gasteiger partial charge in [-0.25, -0.2) is 0 Å². The average molecular weight is 319 g/mol. The highest BCUT2D eigenvalue weighted by molar-refractivity contribution is 5.10. The summed E-state index contributed by atoms with van der Waals surface area (Å²) in [5, 5.41) is 0. The van der Waals surface area contributed by atoms with Gasteiger partial charge in [-0.3, -0.25) is 0 Å². The van der Waals surface area contributed by atoms with E-state index in [4.69, 9.17) is 0 Å². The number of hydrogen-bond acceptors (Lipinski definition) is 0. The van der Waals surface area contributed by atoms with E-state index in [0.717, 1.165) is 0 Å². The Balaban J connectivity index is 5.92. The fourth-order valence-corrected chi connectivity index (χ4v) is 0.691. The van der Waals surface area contributed by atoms with Gasteiger partial charge < -0.3 is 0 Å². The van der Waals surface area contributed by atoms with Crippen LogP contribution in [0, 0.1) is 6.43 Å². The lowest BCUT2D eigenvalue weighted by molar-refractivity contribution is -0.424. The van der Waals surface area contributed by atoms with E-state index in [2.05, 4.69) is 0 Å². The van der Waals surface area contributed by atoms with E-state index >= 15 is 0 Å². The van der Waals surface area contributed by atoms with E-state index in [9.17, 15) is 57.1 Å². The second-order valence-corrected chi connectivity index (χ2v) is 3.06. The van der Waals surface area contributed by atoms with Crippen molar-refractivity contribution in [1.29, 1.82) is 0 Å². The molecule has 0 fully saturated rings. The van der Waals surface area contributed by atoms with Gasteiger partial charge in [0.15, 0.2) is 0 Å². The molecule has 0 aliphatic heterocycles. The van der Waals surface area contributed by atoms with E-state index in [1.54, 1.807) is 0 Å². The van der Waals surface area contributed by atoms with Crippen molar-refractivity contribution in [1.82, 2.24) is 0 Å². The molecule has 13 heteroatoms. The number of alkyl halides is 11. The van der Waals surface area contributed by atoms with Gasteiger partial charge >= 0.3 is 36.3 Å². The molecular weight excluding hydrogens is 319 g/mol. The van der Waals surface area contributed by atoms with Gasteiger partial charge in [-0.1, -0.05) is 0 Å². The first kappa shape index (κ1) is 18.1. The van der Waals surface area contributed by atoms with Crippen molar-refractivity contribution in [2.24, 2.45) is 0 Å². The Morgan fingerprint density at radius 3 is 1.00 bits per heavy atom. The summed E-state index contributed by atoms with van der Waals surface area (Å²) in [4.78, 5) is 0. The Hall–Kier alpha value is -0.910. The van der Waals surface area contributed by atoms with Crippen molar-refractivity contribution in [2.45, 2.75) is 29.9 Å². The molecule has 0 N–H and O–H groups in total. The maximum atomic E-state index is 12.3. The second-order valence-electron chi connectivity index (χ2n) is 3.06. The molecule has 0 unspecified atom stereocenters. The molecule has 0 spiro atoms. The minimum atomic E-state index is -7.80. The molecule has 0 atom stereocenters. The molecule has 0 aromatic heterocycles. The SMILES string of the molecule is F[C](F)C(F)(F)C(F)(F)C(F)(F)C(F)(F)C(F)(F)F. The molecule has 19 heavy (non-hydrogen) atoms. The summed E-state index contributed by atoms with van der Waals surface area (Å²) >= 11 is 0. The zero-order valence-corrected chi connectivity index (χ0v) is 7.91. The highest BCUT2D eigenvalue weighted by atomic mass is 19.4. The first-order valence-corrected chi connectivity index (χ1v) is 3.71. The van der Waals surface area contributed by atoms with Crippen LogP contribution in [0.4, 0.5) is 57.1 Å². The number of rotatable bonds is 4. The van der Waals surface area contributed by atoms with Crippen LogP contribution < -0.4 is 0 Å². The zero-order valence-electron chi connectivity index (χ0n) is 7.91. The second kappa shape index (κ2) is 4.30. The monoisotopic (exact) mass is 319 g/mol. The van der Waals surface area contributed by atoms with Gasteiger partial charge in [-0.05, 0) is 0 Å². The lowest BCUT2D eigenvalue weighted by Crippen LogP contribution is -2.67. The lowest BCUT2D eigenvalue weighted by Gasteiger charge is -2.36.